The molecule has 148 valence electrons. The van der Waals surface area contributed by atoms with Gasteiger partial charge >= 0.3 is 0 Å². The van der Waals surface area contributed by atoms with Gasteiger partial charge in [-0.2, -0.15) is 0 Å². The minimum absolute atomic E-state index is 0.122. The van der Waals surface area contributed by atoms with Crippen LogP contribution in [0.4, 0.5) is 5.69 Å². The molecule has 0 aliphatic rings. The lowest BCUT2D eigenvalue weighted by Gasteiger charge is -2.09. The summed E-state index contributed by atoms with van der Waals surface area (Å²) in [5.41, 5.74) is 0.856. The molecule has 0 aromatic heterocycles. The maximum Gasteiger partial charge on any atom is 0.270 e. The molecule has 8 nitrogen and oxygen atoms in total. The van der Waals surface area contributed by atoms with Gasteiger partial charge in [-0.15, -0.1) is 0 Å². The Bertz CT molecular complexity index is 1080. The fraction of sp³-hybridized carbons (Fsp3) is 0.143. The predicted octanol–water partition coefficient (Wildman–Crippen LogP) is 2.80. The molecule has 0 unspecified atom stereocenters. The van der Waals surface area contributed by atoms with Crippen molar-refractivity contribution in [1.82, 2.24) is 10.6 Å². The number of nitro groups is 1. The fourth-order valence-corrected chi connectivity index (χ4v) is 2.80. The smallest absolute Gasteiger partial charge is 0.270 e. The third kappa shape index (κ3) is 5.07. The summed E-state index contributed by atoms with van der Waals surface area (Å²) in [5, 5.41) is 18.0. The van der Waals surface area contributed by atoms with Gasteiger partial charge in [0.05, 0.1) is 18.6 Å². The van der Waals surface area contributed by atoms with Crippen LogP contribution in [0.5, 0.6) is 5.75 Å². The standard InChI is InChI=1S/C21H19N3O5/c1-29-19-8-7-15-9-14(5-6-16(15)11-19)12-22-20(25)13-23-21(26)17-3-2-4-18(10-17)24(27)28/h2-11H,12-13H2,1H3,(H,22,25)(H,23,26). The third-order valence-corrected chi connectivity index (χ3v) is 4.33. The van der Waals surface area contributed by atoms with E-state index >= 15 is 0 Å². The number of fused-ring (bicyclic) bond motifs is 1. The predicted molar refractivity (Wildman–Crippen MR) is 108 cm³/mol. The topological polar surface area (TPSA) is 111 Å². The summed E-state index contributed by atoms with van der Waals surface area (Å²) in [5.74, 6) is -0.139. The van der Waals surface area contributed by atoms with Gasteiger partial charge in [0.15, 0.2) is 0 Å². The molecular weight excluding hydrogens is 374 g/mol. The van der Waals surface area contributed by atoms with Crippen molar-refractivity contribution >= 4 is 28.3 Å². The molecule has 0 aliphatic carbocycles. The van der Waals surface area contributed by atoms with E-state index in [4.69, 9.17) is 4.74 Å². The molecule has 8 heteroatoms. The van der Waals surface area contributed by atoms with E-state index in [0.717, 1.165) is 28.2 Å². The Labute approximate surface area is 166 Å². The third-order valence-electron chi connectivity index (χ3n) is 4.33. The molecule has 0 bridgehead atoms. The van der Waals surface area contributed by atoms with Gasteiger partial charge in [0.25, 0.3) is 11.6 Å². The van der Waals surface area contributed by atoms with Crippen LogP contribution in [-0.2, 0) is 11.3 Å². The molecule has 0 saturated heterocycles. The molecule has 3 rings (SSSR count). The van der Waals surface area contributed by atoms with E-state index in [1.54, 1.807) is 7.11 Å². The quantitative estimate of drug-likeness (QED) is 0.474. The molecule has 2 N–H and O–H groups in total. The Balaban J connectivity index is 1.53. The Morgan fingerprint density at radius 2 is 1.76 bits per heavy atom. The monoisotopic (exact) mass is 393 g/mol. The van der Waals surface area contributed by atoms with E-state index in [1.807, 2.05) is 36.4 Å². The van der Waals surface area contributed by atoms with Gasteiger partial charge in [0, 0.05) is 24.2 Å². The maximum absolute atomic E-state index is 12.1. The first-order chi connectivity index (χ1) is 14.0. The van der Waals surface area contributed by atoms with Crippen LogP contribution >= 0.6 is 0 Å². The lowest BCUT2D eigenvalue weighted by atomic mass is 10.1. The zero-order chi connectivity index (χ0) is 20.8. The highest BCUT2D eigenvalue weighted by molar-refractivity contribution is 5.97. The van der Waals surface area contributed by atoms with E-state index in [1.165, 1.54) is 18.2 Å². The minimum Gasteiger partial charge on any atom is -0.497 e. The highest BCUT2D eigenvalue weighted by Crippen LogP contribution is 2.21. The van der Waals surface area contributed by atoms with E-state index in [-0.39, 0.29) is 23.7 Å². The van der Waals surface area contributed by atoms with Crippen molar-refractivity contribution in [3.05, 3.63) is 81.9 Å². The van der Waals surface area contributed by atoms with Crippen molar-refractivity contribution in [1.29, 1.82) is 0 Å². The Hall–Kier alpha value is -3.94. The van der Waals surface area contributed by atoms with Crippen LogP contribution in [-0.4, -0.2) is 30.4 Å². The van der Waals surface area contributed by atoms with Crippen LogP contribution in [0.2, 0.25) is 0 Å². The van der Waals surface area contributed by atoms with Crippen LogP contribution in [0.1, 0.15) is 15.9 Å². The Morgan fingerprint density at radius 1 is 1.00 bits per heavy atom. The molecule has 0 saturated carbocycles. The lowest BCUT2D eigenvalue weighted by molar-refractivity contribution is -0.384. The number of benzene rings is 3. The van der Waals surface area contributed by atoms with E-state index in [9.17, 15) is 19.7 Å². The van der Waals surface area contributed by atoms with Crippen LogP contribution in [0.3, 0.4) is 0 Å². The number of amides is 2. The molecule has 3 aromatic carbocycles. The number of methoxy groups -OCH3 is 1. The number of carbonyl (C=O) groups excluding carboxylic acids is 2. The molecule has 29 heavy (non-hydrogen) atoms. The molecule has 3 aromatic rings. The van der Waals surface area contributed by atoms with Gasteiger partial charge in [0.2, 0.25) is 5.91 Å². The van der Waals surface area contributed by atoms with Crippen LogP contribution in [0.15, 0.2) is 60.7 Å². The van der Waals surface area contributed by atoms with Gasteiger partial charge < -0.3 is 15.4 Å². The average Bonchev–Trinajstić information content (AvgIpc) is 2.75. The highest BCUT2D eigenvalue weighted by Gasteiger charge is 2.12. The number of hydrogen-bond donors (Lipinski definition) is 2. The number of nitro benzene ring substituents is 1. The Kier molecular flexibility index (Phi) is 6.03. The molecule has 0 radical (unpaired) electrons. The summed E-state index contributed by atoms with van der Waals surface area (Å²) in [6, 6.07) is 16.9. The SMILES string of the molecule is COc1ccc2cc(CNC(=O)CNC(=O)c3cccc([N+](=O)[O-])c3)ccc2c1. The van der Waals surface area contributed by atoms with E-state index in [0.29, 0.717) is 6.54 Å². The number of rotatable bonds is 7. The van der Waals surface area contributed by atoms with Crippen LogP contribution in [0.25, 0.3) is 10.8 Å². The number of ether oxygens (including phenoxy) is 1. The molecular formula is C21H19N3O5. The summed E-state index contributed by atoms with van der Waals surface area (Å²) in [7, 11) is 1.61. The summed E-state index contributed by atoms with van der Waals surface area (Å²) in [6.07, 6.45) is 0. The van der Waals surface area contributed by atoms with Crippen LogP contribution < -0.4 is 15.4 Å². The second-order valence-electron chi connectivity index (χ2n) is 6.31. The lowest BCUT2D eigenvalue weighted by Crippen LogP contribution is -2.36. The highest BCUT2D eigenvalue weighted by atomic mass is 16.6. The number of hydrogen-bond acceptors (Lipinski definition) is 5. The van der Waals surface area contributed by atoms with Crippen molar-refractivity contribution in [2.24, 2.45) is 0 Å². The molecule has 0 heterocycles. The van der Waals surface area contributed by atoms with Crippen molar-refractivity contribution in [3.63, 3.8) is 0 Å². The summed E-state index contributed by atoms with van der Waals surface area (Å²) >= 11 is 0. The fourth-order valence-electron chi connectivity index (χ4n) is 2.80. The maximum atomic E-state index is 12.1. The van der Waals surface area contributed by atoms with E-state index < -0.39 is 10.8 Å². The largest absolute Gasteiger partial charge is 0.497 e. The number of non-ortho nitro benzene ring substituents is 1. The van der Waals surface area contributed by atoms with Gasteiger partial charge in [-0.1, -0.05) is 24.3 Å². The van der Waals surface area contributed by atoms with Gasteiger partial charge in [-0.05, 0) is 40.6 Å². The zero-order valence-corrected chi connectivity index (χ0v) is 15.7. The zero-order valence-electron chi connectivity index (χ0n) is 15.7. The summed E-state index contributed by atoms with van der Waals surface area (Å²) in [6.45, 7) is 0.0831. The second-order valence-corrected chi connectivity index (χ2v) is 6.31. The van der Waals surface area contributed by atoms with Crippen molar-refractivity contribution in [2.75, 3.05) is 13.7 Å². The van der Waals surface area contributed by atoms with Crippen molar-refractivity contribution in [2.45, 2.75) is 6.54 Å². The molecule has 0 fully saturated rings. The number of nitrogens with one attached hydrogen (secondary N) is 2. The van der Waals surface area contributed by atoms with E-state index in [2.05, 4.69) is 10.6 Å². The Morgan fingerprint density at radius 3 is 2.52 bits per heavy atom. The molecule has 0 aliphatic heterocycles. The summed E-state index contributed by atoms with van der Waals surface area (Å²) < 4.78 is 5.20. The molecule has 2 amide bonds. The molecule has 0 spiro atoms. The first kappa shape index (κ1) is 19.8. The second kappa shape index (κ2) is 8.83. The van der Waals surface area contributed by atoms with Gasteiger partial charge in [-0.25, -0.2) is 0 Å². The normalized spacial score (nSPS) is 10.4. The summed E-state index contributed by atoms with van der Waals surface area (Å²) in [4.78, 5) is 34.3. The van der Waals surface area contributed by atoms with Crippen molar-refractivity contribution < 1.29 is 19.2 Å². The number of nitrogens with zero attached hydrogens (tertiary/aromatic N) is 1. The minimum atomic E-state index is -0.580. The van der Waals surface area contributed by atoms with Gasteiger partial charge in [0.1, 0.15) is 5.75 Å². The van der Waals surface area contributed by atoms with Gasteiger partial charge in [-0.3, -0.25) is 19.7 Å². The van der Waals surface area contributed by atoms with Crippen molar-refractivity contribution in [3.8, 4) is 5.75 Å². The number of carbonyl (C=O) groups is 2. The first-order valence-electron chi connectivity index (χ1n) is 8.82. The first-order valence-corrected chi connectivity index (χ1v) is 8.82. The average molecular weight is 393 g/mol. The van der Waals surface area contributed by atoms with Crippen LogP contribution in [0, 0.1) is 10.1 Å². The molecule has 0 atom stereocenters.